The van der Waals surface area contributed by atoms with Gasteiger partial charge in [0.2, 0.25) is 0 Å². The molecule has 1 aromatic rings. The Bertz CT molecular complexity index is 421. The summed E-state index contributed by atoms with van der Waals surface area (Å²) < 4.78 is 0. The Hall–Kier alpha value is -1.33. The molecule has 0 heterocycles. The van der Waals surface area contributed by atoms with Crippen molar-refractivity contribution in [3.8, 4) is 6.07 Å². The Balaban J connectivity index is 2.37. The molecule has 2 heteroatoms. The normalized spacial score (nSPS) is 20.9. The molecule has 0 saturated heterocycles. The Kier molecular flexibility index (Phi) is 2.52. The Labute approximate surface area is 96.5 Å². The Morgan fingerprint density at radius 3 is 2.25 bits per heavy atom. The van der Waals surface area contributed by atoms with Gasteiger partial charge < -0.3 is 5.11 Å². The minimum Gasteiger partial charge on any atom is -0.388 e. The van der Waals surface area contributed by atoms with E-state index >= 15 is 0 Å². The first-order valence-corrected chi connectivity index (χ1v) is 5.75. The lowest BCUT2D eigenvalue weighted by Crippen LogP contribution is -2.46. The Morgan fingerprint density at radius 2 is 1.88 bits per heavy atom. The van der Waals surface area contributed by atoms with E-state index in [9.17, 15) is 10.4 Å². The molecule has 1 aliphatic rings. The van der Waals surface area contributed by atoms with E-state index in [1.54, 1.807) is 0 Å². The van der Waals surface area contributed by atoms with Crippen molar-refractivity contribution in [1.82, 2.24) is 0 Å². The van der Waals surface area contributed by atoms with Gasteiger partial charge in [-0.15, -0.1) is 0 Å². The van der Waals surface area contributed by atoms with Crippen molar-refractivity contribution in [2.75, 3.05) is 0 Å². The van der Waals surface area contributed by atoms with Crippen molar-refractivity contribution in [1.29, 1.82) is 5.26 Å². The van der Waals surface area contributed by atoms with E-state index in [4.69, 9.17) is 0 Å². The van der Waals surface area contributed by atoms with Crippen molar-refractivity contribution in [3.63, 3.8) is 0 Å². The van der Waals surface area contributed by atoms with Gasteiger partial charge in [-0.05, 0) is 24.5 Å². The topological polar surface area (TPSA) is 44.0 Å². The van der Waals surface area contributed by atoms with Crippen LogP contribution in [0.5, 0.6) is 0 Å². The van der Waals surface area contributed by atoms with E-state index in [1.165, 1.54) is 11.1 Å². The van der Waals surface area contributed by atoms with Crippen LogP contribution >= 0.6 is 0 Å². The lowest BCUT2D eigenvalue weighted by Gasteiger charge is -2.36. The third-order valence-corrected chi connectivity index (χ3v) is 4.07. The molecule has 1 N–H and O–H groups in total. The molecule has 2 nitrogen and oxygen atoms in total. The van der Waals surface area contributed by atoms with E-state index in [0.29, 0.717) is 19.3 Å². The second kappa shape index (κ2) is 3.61. The third-order valence-electron chi connectivity index (χ3n) is 4.07. The van der Waals surface area contributed by atoms with Crippen LogP contribution in [0.3, 0.4) is 0 Å². The van der Waals surface area contributed by atoms with Crippen molar-refractivity contribution < 1.29 is 5.11 Å². The molecule has 2 rings (SSSR count). The molecule has 1 aromatic carbocycles. The highest BCUT2D eigenvalue weighted by Crippen LogP contribution is 2.43. The number of nitriles is 1. The summed E-state index contributed by atoms with van der Waals surface area (Å²) in [6.45, 7) is 3.82. The number of rotatable bonds is 2. The van der Waals surface area contributed by atoms with E-state index in [-0.39, 0.29) is 0 Å². The quantitative estimate of drug-likeness (QED) is 0.823. The number of hydrogen-bond acceptors (Lipinski definition) is 2. The van der Waals surface area contributed by atoms with Crippen molar-refractivity contribution >= 4 is 0 Å². The van der Waals surface area contributed by atoms with Crippen LogP contribution in [0.25, 0.3) is 0 Å². The highest BCUT2D eigenvalue weighted by Gasteiger charge is 2.49. The lowest BCUT2D eigenvalue weighted by atomic mass is 9.71. The smallest absolute Gasteiger partial charge is 0.0910 e. The second-order valence-electron chi connectivity index (χ2n) is 4.95. The van der Waals surface area contributed by atoms with Crippen molar-refractivity contribution in [2.45, 2.75) is 38.7 Å². The molecule has 1 atom stereocenters. The first kappa shape index (κ1) is 11.2. The summed E-state index contributed by atoms with van der Waals surface area (Å²) in [5.41, 5.74) is 0.798. The van der Waals surface area contributed by atoms with Crippen LogP contribution in [0, 0.1) is 16.7 Å². The average molecular weight is 215 g/mol. The monoisotopic (exact) mass is 215 g/mol. The van der Waals surface area contributed by atoms with E-state index < -0.39 is 11.0 Å². The predicted octanol–water partition coefficient (Wildman–Crippen LogP) is 2.46. The van der Waals surface area contributed by atoms with Gasteiger partial charge in [-0.25, -0.2) is 0 Å². The van der Waals surface area contributed by atoms with Crippen LogP contribution in [0.4, 0.5) is 0 Å². The fourth-order valence-corrected chi connectivity index (χ4v) is 2.50. The van der Waals surface area contributed by atoms with E-state index in [0.717, 1.165) is 0 Å². The maximum absolute atomic E-state index is 10.7. The molecule has 0 bridgehead atoms. The van der Waals surface area contributed by atoms with Crippen LogP contribution in [-0.2, 0) is 12.8 Å². The molecule has 0 aromatic heterocycles. The zero-order valence-corrected chi connectivity index (χ0v) is 9.83. The summed E-state index contributed by atoms with van der Waals surface area (Å²) in [6.07, 6.45) is 1.87. The number of benzene rings is 1. The number of aliphatic hydroxyl groups is 1. The molecule has 0 radical (unpaired) electrons. The predicted molar refractivity (Wildman–Crippen MR) is 62.8 cm³/mol. The third kappa shape index (κ3) is 1.44. The van der Waals surface area contributed by atoms with Crippen LogP contribution in [0.15, 0.2) is 24.3 Å². The molecule has 0 spiro atoms. The summed E-state index contributed by atoms with van der Waals surface area (Å²) in [7, 11) is 0. The molecule has 0 amide bonds. The molecule has 0 fully saturated rings. The van der Waals surface area contributed by atoms with Crippen LogP contribution in [0.2, 0.25) is 0 Å². The first-order chi connectivity index (χ1) is 7.54. The molecule has 0 saturated carbocycles. The minimum absolute atomic E-state index is 0.598. The zero-order chi connectivity index (χ0) is 11.8. The van der Waals surface area contributed by atoms with Gasteiger partial charge in [0.05, 0.1) is 17.1 Å². The van der Waals surface area contributed by atoms with Gasteiger partial charge in [-0.2, -0.15) is 5.26 Å². The highest BCUT2D eigenvalue weighted by molar-refractivity contribution is 5.37. The van der Waals surface area contributed by atoms with Gasteiger partial charge in [-0.3, -0.25) is 0 Å². The van der Waals surface area contributed by atoms with Gasteiger partial charge in [0.1, 0.15) is 0 Å². The standard InChI is InChI=1S/C14H17NO/c1-3-13(2,10-15)14(16)8-11-6-4-5-7-12(11)9-14/h4-7,16H,3,8-9H2,1-2H3. The molecular weight excluding hydrogens is 198 g/mol. The van der Waals surface area contributed by atoms with Crippen LogP contribution in [0.1, 0.15) is 31.4 Å². The molecule has 1 unspecified atom stereocenters. The number of hydrogen-bond donors (Lipinski definition) is 1. The summed E-state index contributed by atoms with van der Waals surface area (Å²) in [6, 6.07) is 10.4. The summed E-state index contributed by atoms with van der Waals surface area (Å²) in [5, 5.41) is 20.0. The maximum Gasteiger partial charge on any atom is 0.0910 e. The maximum atomic E-state index is 10.7. The Morgan fingerprint density at radius 1 is 1.38 bits per heavy atom. The van der Waals surface area contributed by atoms with Crippen LogP contribution < -0.4 is 0 Å². The zero-order valence-electron chi connectivity index (χ0n) is 9.83. The molecule has 1 aliphatic carbocycles. The van der Waals surface area contributed by atoms with Gasteiger partial charge in [0.15, 0.2) is 0 Å². The van der Waals surface area contributed by atoms with Gasteiger partial charge in [0.25, 0.3) is 0 Å². The van der Waals surface area contributed by atoms with E-state index in [2.05, 4.69) is 6.07 Å². The van der Waals surface area contributed by atoms with Gasteiger partial charge in [0, 0.05) is 12.8 Å². The summed E-state index contributed by atoms with van der Waals surface area (Å²) in [4.78, 5) is 0. The summed E-state index contributed by atoms with van der Waals surface area (Å²) in [5.74, 6) is 0. The average Bonchev–Trinajstić information content (AvgIpc) is 2.65. The summed E-state index contributed by atoms with van der Waals surface area (Å²) >= 11 is 0. The molecule has 0 aliphatic heterocycles. The van der Waals surface area contributed by atoms with Crippen molar-refractivity contribution in [3.05, 3.63) is 35.4 Å². The van der Waals surface area contributed by atoms with Crippen LogP contribution in [-0.4, -0.2) is 10.7 Å². The molecule has 16 heavy (non-hydrogen) atoms. The second-order valence-corrected chi connectivity index (χ2v) is 4.95. The van der Waals surface area contributed by atoms with E-state index in [1.807, 2.05) is 38.1 Å². The largest absolute Gasteiger partial charge is 0.388 e. The SMILES string of the molecule is CCC(C)(C#N)C1(O)Cc2ccccc2C1. The molecular formula is C14H17NO. The highest BCUT2D eigenvalue weighted by atomic mass is 16.3. The van der Waals surface area contributed by atoms with Gasteiger partial charge in [-0.1, -0.05) is 31.2 Å². The molecule has 84 valence electrons. The first-order valence-electron chi connectivity index (χ1n) is 5.75. The fraction of sp³-hybridized carbons (Fsp3) is 0.500. The van der Waals surface area contributed by atoms with Crippen molar-refractivity contribution in [2.24, 2.45) is 5.41 Å². The number of fused-ring (bicyclic) bond motifs is 1. The number of nitrogens with zero attached hydrogens (tertiary/aromatic N) is 1. The van der Waals surface area contributed by atoms with Gasteiger partial charge >= 0.3 is 0 Å². The lowest BCUT2D eigenvalue weighted by molar-refractivity contribution is -0.0397. The fourth-order valence-electron chi connectivity index (χ4n) is 2.50. The minimum atomic E-state index is -0.903.